The molecule has 0 spiro atoms. The highest BCUT2D eigenvalue weighted by atomic mass is 32.2. The van der Waals surface area contributed by atoms with Gasteiger partial charge in [0.15, 0.2) is 0 Å². The molecule has 1 saturated heterocycles. The molecule has 1 aliphatic rings. The Labute approximate surface area is 112 Å². The van der Waals surface area contributed by atoms with Crippen LogP contribution in [-0.2, 0) is 11.4 Å². The number of nitrogens with zero attached hydrogens (tertiary/aromatic N) is 2. The number of likely N-dealkylation sites (tertiary alicyclic amines) is 1. The smallest absolute Gasteiger partial charge is 0.407 e. The van der Waals surface area contributed by atoms with E-state index in [-0.39, 0.29) is 4.75 Å². The molecule has 1 fully saturated rings. The Kier molecular flexibility index (Phi) is 5.47. The zero-order valence-electron chi connectivity index (χ0n) is 11.3. The molecule has 0 radical (unpaired) electrons. The Morgan fingerprint density at radius 1 is 1.50 bits per heavy atom. The number of carboxylic acid groups (broad SMARTS) is 1. The highest BCUT2D eigenvalue weighted by Gasteiger charge is 2.26. The Balaban J connectivity index is 2.30. The normalized spacial score (nSPS) is 20.3. The molecule has 1 amide bonds. The standard InChI is InChI=1S/C12H22N2O3S/c1-12(2,3)18(17)13-7-4-10-5-8-14(9-6-10)11(15)16/h7,10H,4-6,8-9H2,1-3H3,(H,15,16)/b13-7+/t18-/m0/s1. The van der Waals surface area contributed by atoms with Gasteiger partial charge >= 0.3 is 6.09 Å². The molecular formula is C12H22N2O3S. The quantitative estimate of drug-likeness (QED) is 0.633. The zero-order chi connectivity index (χ0) is 13.8. The van der Waals surface area contributed by atoms with Crippen molar-refractivity contribution in [3.05, 3.63) is 0 Å². The molecule has 6 heteroatoms. The summed E-state index contributed by atoms with van der Waals surface area (Å²) in [5.74, 6) is 0.460. The fourth-order valence-electron chi connectivity index (χ4n) is 1.78. The lowest BCUT2D eigenvalue weighted by Crippen LogP contribution is -2.37. The summed E-state index contributed by atoms with van der Waals surface area (Å²) in [6.45, 7) is 6.87. The third-order valence-corrected chi connectivity index (χ3v) is 4.41. The Morgan fingerprint density at radius 3 is 2.50 bits per heavy atom. The average Bonchev–Trinajstić information content (AvgIpc) is 2.28. The van der Waals surface area contributed by atoms with Gasteiger partial charge in [0.25, 0.3) is 0 Å². The second kappa shape index (κ2) is 6.43. The van der Waals surface area contributed by atoms with Crippen molar-refractivity contribution < 1.29 is 14.5 Å². The molecule has 0 aromatic heterocycles. The summed E-state index contributed by atoms with van der Waals surface area (Å²) < 4.78 is 15.4. The maximum Gasteiger partial charge on any atom is 0.407 e. The maximum absolute atomic E-state index is 11.7. The predicted octanol–water partition coefficient (Wildman–Crippen LogP) is 2.30. The molecule has 0 saturated carbocycles. The van der Waals surface area contributed by atoms with E-state index in [1.54, 1.807) is 6.21 Å². The van der Waals surface area contributed by atoms with Crippen molar-refractivity contribution in [1.29, 1.82) is 0 Å². The molecule has 0 unspecified atom stereocenters. The van der Waals surface area contributed by atoms with Crippen molar-refractivity contribution in [2.45, 2.75) is 44.8 Å². The highest BCUT2D eigenvalue weighted by Crippen LogP contribution is 2.21. The van der Waals surface area contributed by atoms with Crippen LogP contribution >= 0.6 is 0 Å². The molecule has 0 aromatic carbocycles. The van der Waals surface area contributed by atoms with E-state index in [2.05, 4.69) is 4.40 Å². The molecule has 0 aliphatic carbocycles. The molecule has 5 nitrogen and oxygen atoms in total. The van der Waals surface area contributed by atoms with Crippen molar-refractivity contribution in [2.24, 2.45) is 10.3 Å². The van der Waals surface area contributed by atoms with Gasteiger partial charge in [-0.1, -0.05) is 4.40 Å². The fraction of sp³-hybridized carbons (Fsp3) is 0.833. The van der Waals surface area contributed by atoms with Crippen LogP contribution in [0.2, 0.25) is 0 Å². The molecule has 1 rings (SSSR count). The van der Waals surface area contributed by atoms with Gasteiger partial charge < -0.3 is 14.6 Å². The lowest BCUT2D eigenvalue weighted by atomic mass is 9.94. The van der Waals surface area contributed by atoms with Crippen LogP contribution in [0.4, 0.5) is 4.79 Å². The summed E-state index contributed by atoms with van der Waals surface area (Å²) >= 11 is -1.19. The predicted molar refractivity (Wildman–Crippen MR) is 73.3 cm³/mol. The summed E-state index contributed by atoms with van der Waals surface area (Å²) in [5.41, 5.74) is 0. The van der Waals surface area contributed by atoms with Crippen molar-refractivity contribution in [3.8, 4) is 0 Å². The molecule has 1 N–H and O–H groups in total. The first-order valence-electron chi connectivity index (χ1n) is 6.23. The van der Waals surface area contributed by atoms with Crippen LogP contribution in [0.25, 0.3) is 0 Å². The van der Waals surface area contributed by atoms with Crippen LogP contribution in [0.5, 0.6) is 0 Å². The van der Waals surface area contributed by atoms with Gasteiger partial charge in [-0.25, -0.2) is 4.79 Å². The van der Waals surface area contributed by atoms with E-state index in [1.807, 2.05) is 20.8 Å². The lowest BCUT2D eigenvalue weighted by molar-refractivity contribution is 0.125. The van der Waals surface area contributed by atoms with Crippen molar-refractivity contribution in [1.82, 2.24) is 4.90 Å². The minimum atomic E-state index is -1.19. The van der Waals surface area contributed by atoms with E-state index >= 15 is 0 Å². The Bertz CT molecular complexity index is 307. The van der Waals surface area contributed by atoms with Gasteiger partial charge in [0, 0.05) is 13.1 Å². The third-order valence-electron chi connectivity index (χ3n) is 3.02. The average molecular weight is 274 g/mol. The SMILES string of the molecule is CC(C)(C)[S@+]([O-])/N=C/CC1CCN(C(=O)O)CC1. The van der Waals surface area contributed by atoms with Gasteiger partial charge in [-0.05, 0) is 46.0 Å². The van der Waals surface area contributed by atoms with Crippen LogP contribution in [-0.4, -0.2) is 44.7 Å². The van der Waals surface area contributed by atoms with E-state index in [0.717, 1.165) is 19.3 Å². The van der Waals surface area contributed by atoms with E-state index in [9.17, 15) is 9.35 Å². The minimum Gasteiger partial charge on any atom is -0.591 e. The van der Waals surface area contributed by atoms with Crippen molar-refractivity contribution >= 4 is 23.7 Å². The topological polar surface area (TPSA) is 76.0 Å². The Hall–Kier alpha value is -0.750. The van der Waals surface area contributed by atoms with E-state index in [1.165, 1.54) is 4.90 Å². The van der Waals surface area contributed by atoms with Crippen LogP contribution in [0.1, 0.15) is 40.0 Å². The summed E-state index contributed by atoms with van der Waals surface area (Å²) in [6.07, 6.45) is 3.41. The lowest BCUT2D eigenvalue weighted by Gasteiger charge is -2.29. The molecular weight excluding hydrogens is 252 g/mol. The summed E-state index contributed by atoms with van der Waals surface area (Å²) in [4.78, 5) is 12.2. The first-order chi connectivity index (χ1) is 8.30. The molecule has 0 aromatic rings. The maximum atomic E-state index is 11.7. The number of hydrogen-bond donors (Lipinski definition) is 1. The van der Waals surface area contributed by atoms with Crippen molar-refractivity contribution in [2.75, 3.05) is 13.1 Å². The monoisotopic (exact) mass is 274 g/mol. The Morgan fingerprint density at radius 2 is 2.06 bits per heavy atom. The van der Waals surface area contributed by atoms with E-state index in [0.29, 0.717) is 19.0 Å². The van der Waals surface area contributed by atoms with Crippen LogP contribution in [0.3, 0.4) is 0 Å². The summed E-state index contributed by atoms with van der Waals surface area (Å²) in [6, 6.07) is 0. The molecule has 1 aliphatic heterocycles. The number of rotatable bonds is 3. The molecule has 18 heavy (non-hydrogen) atoms. The van der Waals surface area contributed by atoms with Gasteiger partial charge in [-0.2, -0.15) is 0 Å². The van der Waals surface area contributed by atoms with Gasteiger partial charge in [0.05, 0.1) is 6.21 Å². The second-order valence-corrected chi connectivity index (χ2v) is 7.53. The zero-order valence-corrected chi connectivity index (χ0v) is 12.1. The summed E-state index contributed by atoms with van der Waals surface area (Å²) in [7, 11) is 0. The first-order valence-corrected chi connectivity index (χ1v) is 7.34. The molecule has 0 bridgehead atoms. The van der Waals surface area contributed by atoms with Gasteiger partial charge in [-0.15, -0.1) is 0 Å². The third kappa shape index (κ3) is 4.86. The number of carbonyl (C=O) groups is 1. The number of piperidine rings is 1. The minimum absolute atomic E-state index is 0.316. The van der Waals surface area contributed by atoms with Crippen LogP contribution in [0, 0.1) is 5.92 Å². The van der Waals surface area contributed by atoms with Crippen LogP contribution < -0.4 is 0 Å². The molecule has 104 valence electrons. The van der Waals surface area contributed by atoms with E-state index < -0.39 is 17.5 Å². The van der Waals surface area contributed by atoms with Gasteiger partial charge in [0.1, 0.15) is 16.1 Å². The highest BCUT2D eigenvalue weighted by molar-refractivity contribution is 7.91. The first kappa shape index (κ1) is 15.3. The second-order valence-electron chi connectivity index (χ2n) is 5.60. The number of amides is 1. The van der Waals surface area contributed by atoms with Gasteiger partial charge in [0.2, 0.25) is 0 Å². The van der Waals surface area contributed by atoms with Crippen LogP contribution in [0.15, 0.2) is 4.40 Å². The largest absolute Gasteiger partial charge is 0.591 e. The van der Waals surface area contributed by atoms with Gasteiger partial charge in [-0.3, -0.25) is 0 Å². The van der Waals surface area contributed by atoms with E-state index in [4.69, 9.17) is 5.11 Å². The van der Waals surface area contributed by atoms with Crippen molar-refractivity contribution in [3.63, 3.8) is 0 Å². The molecule has 1 atom stereocenters. The fourth-order valence-corrected chi connectivity index (χ4v) is 2.32. The summed E-state index contributed by atoms with van der Waals surface area (Å²) in [5, 5.41) is 8.82. The molecule has 1 heterocycles. The number of hydrogen-bond acceptors (Lipinski definition) is 3.